The Kier molecular flexibility index (Phi) is 4.73. The number of nitrogens with two attached hydrogens (primary N) is 1. The predicted molar refractivity (Wildman–Crippen MR) is 76.1 cm³/mol. The summed E-state index contributed by atoms with van der Waals surface area (Å²) >= 11 is 0. The second-order valence-electron chi connectivity index (χ2n) is 4.72. The number of alkyl halides is 3. The van der Waals surface area contributed by atoms with E-state index in [-0.39, 0.29) is 5.75 Å². The fraction of sp³-hybridized carbons (Fsp3) is 0.250. The largest absolute Gasteiger partial charge is 0.494 e. The highest BCUT2D eigenvalue weighted by atomic mass is 19.4. The SMILES string of the molecule is Nc1cccc(CCCOc2cccc(C(F)(F)F)c2)c1. The third-order valence-electron chi connectivity index (χ3n) is 2.99. The molecule has 2 rings (SSSR count). The lowest BCUT2D eigenvalue weighted by atomic mass is 10.1. The molecule has 0 heterocycles. The van der Waals surface area contributed by atoms with Crippen LogP contribution < -0.4 is 10.5 Å². The molecule has 0 aliphatic rings. The summed E-state index contributed by atoms with van der Waals surface area (Å²) in [4.78, 5) is 0. The van der Waals surface area contributed by atoms with Crippen molar-refractivity contribution in [3.63, 3.8) is 0 Å². The molecule has 0 bridgehead atoms. The van der Waals surface area contributed by atoms with Crippen molar-refractivity contribution in [2.45, 2.75) is 19.0 Å². The van der Waals surface area contributed by atoms with Crippen LogP contribution in [0.5, 0.6) is 5.75 Å². The van der Waals surface area contributed by atoms with E-state index in [1.165, 1.54) is 12.1 Å². The Morgan fingerprint density at radius 1 is 1.00 bits per heavy atom. The van der Waals surface area contributed by atoms with E-state index in [9.17, 15) is 13.2 Å². The van der Waals surface area contributed by atoms with E-state index in [0.717, 1.165) is 24.1 Å². The van der Waals surface area contributed by atoms with Crippen LogP contribution in [-0.2, 0) is 12.6 Å². The van der Waals surface area contributed by atoms with Crippen LogP contribution in [-0.4, -0.2) is 6.61 Å². The Morgan fingerprint density at radius 2 is 1.76 bits per heavy atom. The van der Waals surface area contributed by atoms with Crippen LogP contribution in [0.2, 0.25) is 0 Å². The quantitative estimate of drug-likeness (QED) is 0.659. The maximum absolute atomic E-state index is 12.5. The molecule has 2 aromatic carbocycles. The molecule has 21 heavy (non-hydrogen) atoms. The number of aryl methyl sites for hydroxylation is 1. The van der Waals surface area contributed by atoms with E-state index in [4.69, 9.17) is 10.5 Å². The average Bonchev–Trinajstić information content (AvgIpc) is 2.43. The fourth-order valence-corrected chi connectivity index (χ4v) is 1.98. The summed E-state index contributed by atoms with van der Waals surface area (Å²) in [6.07, 6.45) is -2.87. The highest BCUT2D eigenvalue weighted by Gasteiger charge is 2.30. The van der Waals surface area contributed by atoms with Gasteiger partial charge in [0.25, 0.3) is 0 Å². The smallest absolute Gasteiger partial charge is 0.416 e. The van der Waals surface area contributed by atoms with Gasteiger partial charge in [-0.15, -0.1) is 0 Å². The van der Waals surface area contributed by atoms with Crippen molar-refractivity contribution in [3.8, 4) is 5.75 Å². The molecule has 0 aliphatic carbocycles. The first-order valence-corrected chi connectivity index (χ1v) is 6.59. The maximum atomic E-state index is 12.5. The first-order chi connectivity index (χ1) is 9.95. The first kappa shape index (κ1) is 15.2. The molecule has 112 valence electrons. The molecule has 2 aromatic rings. The molecular formula is C16H16F3NO. The Balaban J connectivity index is 1.84. The van der Waals surface area contributed by atoms with Crippen LogP contribution in [0.25, 0.3) is 0 Å². The summed E-state index contributed by atoms with van der Waals surface area (Å²) < 4.78 is 43.0. The topological polar surface area (TPSA) is 35.2 Å². The molecule has 0 aromatic heterocycles. The highest BCUT2D eigenvalue weighted by molar-refractivity contribution is 5.40. The van der Waals surface area contributed by atoms with Gasteiger partial charge in [0, 0.05) is 5.69 Å². The third-order valence-corrected chi connectivity index (χ3v) is 2.99. The number of ether oxygens (including phenoxy) is 1. The van der Waals surface area contributed by atoms with Gasteiger partial charge in [0.15, 0.2) is 0 Å². The van der Waals surface area contributed by atoms with Crippen LogP contribution in [0.1, 0.15) is 17.5 Å². The Bertz CT molecular complexity index is 596. The molecule has 0 saturated carbocycles. The molecule has 0 radical (unpaired) electrons. The van der Waals surface area contributed by atoms with Gasteiger partial charge in [-0.3, -0.25) is 0 Å². The van der Waals surface area contributed by atoms with Crippen LogP contribution >= 0.6 is 0 Å². The lowest BCUT2D eigenvalue weighted by Crippen LogP contribution is -2.06. The summed E-state index contributed by atoms with van der Waals surface area (Å²) in [5, 5.41) is 0. The van der Waals surface area contributed by atoms with E-state index in [2.05, 4.69) is 0 Å². The molecule has 0 saturated heterocycles. The van der Waals surface area contributed by atoms with Crippen molar-refractivity contribution < 1.29 is 17.9 Å². The molecule has 0 amide bonds. The van der Waals surface area contributed by atoms with Gasteiger partial charge in [0.05, 0.1) is 12.2 Å². The van der Waals surface area contributed by atoms with Crippen LogP contribution in [0.15, 0.2) is 48.5 Å². The molecule has 0 atom stereocenters. The number of nitrogen functional groups attached to an aromatic ring is 1. The number of benzene rings is 2. The second-order valence-corrected chi connectivity index (χ2v) is 4.72. The minimum Gasteiger partial charge on any atom is -0.494 e. The van der Waals surface area contributed by atoms with Crippen LogP contribution in [0.3, 0.4) is 0 Å². The molecule has 5 heteroatoms. The normalized spacial score (nSPS) is 11.4. The van der Waals surface area contributed by atoms with Gasteiger partial charge in [-0.05, 0) is 48.7 Å². The molecule has 2 N–H and O–H groups in total. The number of hydrogen-bond acceptors (Lipinski definition) is 2. The van der Waals surface area contributed by atoms with Crippen LogP contribution in [0, 0.1) is 0 Å². The minimum atomic E-state index is -4.35. The van der Waals surface area contributed by atoms with Gasteiger partial charge in [-0.25, -0.2) is 0 Å². The van der Waals surface area contributed by atoms with Crippen molar-refractivity contribution in [2.24, 2.45) is 0 Å². The van der Waals surface area contributed by atoms with Gasteiger partial charge in [-0.1, -0.05) is 18.2 Å². The Hall–Kier alpha value is -2.17. The minimum absolute atomic E-state index is 0.234. The summed E-state index contributed by atoms with van der Waals surface area (Å²) in [5.74, 6) is 0.234. The highest BCUT2D eigenvalue weighted by Crippen LogP contribution is 2.31. The molecular weight excluding hydrogens is 279 g/mol. The summed E-state index contributed by atoms with van der Waals surface area (Å²) in [7, 11) is 0. The average molecular weight is 295 g/mol. The van der Waals surface area contributed by atoms with Gasteiger partial charge in [0.1, 0.15) is 5.75 Å². The standard InChI is InChI=1S/C16H16F3NO/c17-16(18,19)13-6-2-8-15(11-13)21-9-3-5-12-4-1-7-14(20)10-12/h1-2,4,6-8,10-11H,3,5,9,20H2. The maximum Gasteiger partial charge on any atom is 0.416 e. The van der Waals surface area contributed by atoms with Crippen molar-refractivity contribution in [1.82, 2.24) is 0 Å². The number of hydrogen-bond donors (Lipinski definition) is 1. The lowest BCUT2D eigenvalue weighted by molar-refractivity contribution is -0.137. The van der Waals surface area contributed by atoms with Crippen LogP contribution in [0.4, 0.5) is 18.9 Å². The second kappa shape index (κ2) is 6.52. The van der Waals surface area contributed by atoms with E-state index < -0.39 is 11.7 Å². The number of rotatable bonds is 5. The lowest BCUT2D eigenvalue weighted by Gasteiger charge is -2.10. The zero-order valence-corrected chi connectivity index (χ0v) is 11.4. The van der Waals surface area contributed by atoms with Gasteiger partial charge < -0.3 is 10.5 Å². The molecule has 0 spiro atoms. The molecule has 2 nitrogen and oxygen atoms in total. The molecule has 0 unspecified atom stereocenters. The van der Waals surface area contributed by atoms with E-state index >= 15 is 0 Å². The van der Waals surface area contributed by atoms with Gasteiger partial charge in [0.2, 0.25) is 0 Å². The summed E-state index contributed by atoms with van der Waals surface area (Å²) in [6.45, 7) is 0.357. The van der Waals surface area contributed by atoms with Crippen molar-refractivity contribution >= 4 is 5.69 Å². The summed E-state index contributed by atoms with van der Waals surface area (Å²) in [6, 6.07) is 12.4. The van der Waals surface area contributed by atoms with Gasteiger partial charge >= 0.3 is 6.18 Å². The Morgan fingerprint density at radius 3 is 2.48 bits per heavy atom. The fourth-order valence-electron chi connectivity index (χ4n) is 1.98. The van der Waals surface area contributed by atoms with Crippen molar-refractivity contribution in [3.05, 3.63) is 59.7 Å². The van der Waals surface area contributed by atoms with Crippen molar-refractivity contribution in [1.29, 1.82) is 0 Å². The van der Waals surface area contributed by atoms with Gasteiger partial charge in [-0.2, -0.15) is 13.2 Å². The zero-order valence-electron chi connectivity index (χ0n) is 11.4. The summed E-state index contributed by atoms with van der Waals surface area (Å²) in [5.41, 5.74) is 6.76. The molecule has 0 fully saturated rings. The van der Waals surface area contributed by atoms with E-state index in [1.54, 1.807) is 0 Å². The van der Waals surface area contributed by atoms with E-state index in [1.807, 2.05) is 24.3 Å². The first-order valence-electron chi connectivity index (χ1n) is 6.59. The number of anilines is 1. The van der Waals surface area contributed by atoms with E-state index in [0.29, 0.717) is 18.7 Å². The Labute approximate surface area is 121 Å². The molecule has 0 aliphatic heterocycles. The predicted octanol–water partition coefficient (Wildman–Crippen LogP) is 4.30. The monoisotopic (exact) mass is 295 g/mol. The van der Waals surface area contributed by atoms with Crippen molar-refractivity contribution in [2.75, 3.05) is 12.3 Å². The zero-order chi connectivity index (χ0) is 15.3. The third kappa shape index (κ3) is 4.70. The number of halogens is 3.